The molecular weight excluding hydrogens is 529 g/mol. The summed E-state index contributed by atoms with van der Waals surface area (Å²) in [5, 5.41) is 0. The Kier molecular flexibility index (Phi) is 28.7. The zero-order valence-electron chi connectivity index (χ0n) is 25.6. The quantitative estimate of drug-likeness (QED) is 0.0373. The molecular formula is C31H60NO7P. The summed E-state index contributed by atoms with van der Waals surface area (Å²) in [6, 6.07) is 0. The van der Waals surface area contributed by atoms with Crippen molar-refractivity contribution in [3.8, 4) is 0 Å². The molecule has 2 unspecified atom stereocenters. The van der Waals surface area contributed by atoms with Gasteiger partial charge in [0.1, 0.15) is 6.10 Å². The Balaban J connectivity index is 4.04. The molecule has 0 aromatic heterocycles. The molecule has 8 nitrogen and oxygen atoms in total. The van der Waals surface area contributed by atoms with Crippen LogP contribution in [-0.2, 0) is 27.9 Å². The Bertz CT molecular complexity index is 672. The number of ether oxygens (including phenoxy) is 2. The van der Waals surface area contributed by atoms with Gasteiger partial charge in [-0.05, 0) is 44.9 Å². The van der Waals surface area contributed by atoms with Crippen molar-refractivity contribution in [1.82, 2.24) is 0 Å². The van der Waals surface area contributed by atoms with Gasteiger partial charge in [-0.3, -0.25) is 13.8 Å². The molecule has 0 aliphatic heterocycles. The maximum atomic E-state index is 12.3. The number of phosphoric acid groups is 1. The summed E-state index contributed by atoms with van der Waals surface area (Å²) >= 11 is 0. The first-order valence-electron chi connectivity index (χ1n) is 15.8. The average molecular weight is 590 g/mol. The van der Waals surface area contributed by atoms with E-state index in [1.807, 2.05) is 0 Å². The lowest BCUT2D eigenvalue weighted by Gasteiger charge is -2.20. The van der Waals surface area contributed by atoms with Gasteiger partial charge in [0.05, 0.1) is 19.8 Å². The Hall–Kier alpha value is -1.02. The van der Waals surface area contributed by atoms with Crippen molar-refractivity contribution in [3.63, 3.8) is 0 Å². The van der Waals surface area contributed by atoms with Crippen LogP contribution in [0.4, 0.5) is 0 Å². The van der Waals surface area contributed by atoms with Crippen LogP contribution >= 0.6 is 7.82 Å². The van der Waals surface area contributed by atoms with Crippen molar-refractivity contribution in [2.24, 2.45) is 5.73 Å². The third-order valence-corrected chi connectivity index (χ3v) is 7.36. The highest BCUT2D eigenvalue weighted by Crippen LogP contribution is 2.43. The molecule has 40 heavy (non-hydrogen) atoms. The van der Waals surface area contributed by atoms with E-state index in [0.717, 1.165) is 57.8 Å². The molecule has 0 rings (SSSR count). The van der Waals surface area contributed by atoms with Crippen LogP contribution in [0.25, 0.3) is 0 Å². The molecule has 0 aromatic rings. The first-order valence-corrected chi connectivity index (χ1v) is 17.3. The van der Waals surface area contributed by atoms with Crippen LogP contribution in [0.5, 0.6) is 0 Å². The monoisotopic (exact) mass is 589 g/mol. The molecule has 236 valence electrons. The fourth-order valence-corrected chi connectivity index (χ4v) is 4.79. The molecule has 3 N–H and O–H groups in total. The topological polar surface area (TPSA) is 117 Å². The Morgan fingerprint density at radius 3 is 2.00 bits per heavy atom. The molecule has 0 radical (unpaired) electrons. The number of carbonyl (C=O) groups excluding carboxylic acids is 1. The molecule has 0 saturated heterocycles. The summed E-state index contributed by atoms with van der Waals surface area (Å²) in [6.07, 6.45) is 27.9. The minimum Gasteiger partial charge on any atom is -0.457 e. The predicted molar refractivity (Wildman–Crippen MR) is 164 cm³/mol. The molecule has 0 aliphatic rings. The Morgan fingerprint density at radius 2 is 1.32 bits per heavy atom. The smallest absolute Gasteiger partial charge is 0.457 e. The second-order valence-electron chi connectivity index (χ2n) is 10.3. The van der Waals surface area contributed by atoms with Crippen molar-refractivity contribution in [2.75, 3.05) is 33.0 Å². The molecule has 0 aliphatic carbocycles. The second-order valence-corrected chi connectivity index (χ2v) is 11.8. The molecule has 0 heterocycles. The number of allylic oxidation sites excluding steroid dienone is 4. The number of carbonyl (C=O) groups is 1. The van der Waals surface area contributed by atoms with E-state index in [9.17, 15) is 14.3 Å². The van der Waals surface area contributed by atoms with Crippen LogP contribution < -0.4 is 5.73 Å². The molecule has 0 spiro atoms. The van der Waals surface area contributed by atoms with Crippen molar-refractivity contribution in [3.05, 3.63) is 24.3 Å². The van der Waals surface area contributed by atoms with E-state index < -0.39 is 13.9 Å². The maximum absolute atomic E-state index is 12.3. The van der Waals surface area contributed by atoms with Crippen molar-refractivity contribution in [2.45, 2.75) is 136 Å². The lowest BCUT2D eigenvalue weighted by atomic mass is 10.1. The van der Waals surface area contributed by atoms with Gasteiger partial charge >= 0.3 is 13.8 Å². The van der Waals surface area contributed by atoms with Gasteiger partial charge in [-0.2, -0.15) is 0 Å². The molecule has 0 fully saturated rings. The number of rotatable bonds is 30. The summed E-state index contributed by atoms with van der Waals surface area (Å²) in [6.45, 7) is 4.76. The van der Waals surface area contributed by atoms with Gasteiger partial charge < -0.3 is 20.1 Å². The normalized spacial score (nSPS) is 14.2. The van der Waals surface area contributed by atoms with E-state index in [4.69, 9.17) is 24.3 Å². The standard InChI is InChI=1S/C31H60NO7P/c1-3-5-7-9-10-11-12-13-14-15-16-17-18-19-21-23-26-36-28-30(29-38-40(34,35)37-27-25-32)39-31(33)24-22-20-8-6-4-2/h10-11,13-14,30H,3-9,12,15-29,32H2,1-2H3,(H,34,35)/b11-10-,14-13-. The third-order valence-electron chi connectivity index (χ3n) is 6.37. The lowest BCUT2D eigenvalue weighted by molar-refractivity contribution is -0.154. The number of nitrogens with two attached hydrogens (primary N) is 1. The summed E-state index contributed by atoms with van der Waals surface area (Å²) < 4.78 is 32.9. The number of esters is 1. The van der Waals surface area contributed by atoms with Gasteiger partial charge in [0.25, 0.3) is 0 Å². The minimum absolute atomic E-state index is 0.0972. The third kappa shape index (κ3) is 28.5. The van der Waals surface area contributed by atoms with Gasteiger partial charge in [-0.1, -0.05) is 102 Å². The molecule has 9 heteroatoms. The average Bonchev–Trinajstić information content (AvgIpc) is 2.94. The van der Waals surface area contributed by atoms with Gasteiger partial charge in [0, 0.05) is 19.6 Å². The lowest BCUT2D eigenvalue weighted by Crippen LogP contribution is -2.28. The Labute approximate surface area is 245 Å². The molecule has 0 bridgehead atoms. The number of phosphoric ester groups is 1. The number of hydrogen-bond acceptors (Lipinski definition) is 7. The minimum atomic E-state index is -4.25. The van der Waals surface area contributed by atoms with Crippen LogP contribution in [0, 0.1) is 0 Å². The van der Waals surface area contributed by atoms with E-state index in [-0.39, 0.29) is 32.3 Å². The van der Waals surface area contributed by atoms with E-state index in [1.165, 1.54) is 51.4 Å². The zero-order valence-corrected chi connectivity index (χ0v) is 26.5. The largest absolute Gasteiger partial charge is 0.472 e. The van der Waals surface area contributed by atoms with Crippen molar-refractivity contribution in [1.29, 1.82) is 0 Å². The van der Waals surface area contributed by atoms with Crippen LogP contribution in [0.15, 0.2) is 24.3 Å². The fourth-order valence-electron chi connectivity index (χ4n) is 4.02. The predicted octanol–water partition coefficient (Wildman–Crippen LogP) is 8.18. The van der Waals surface area contributed by atoms with Gasteiger partial charge in [0.15, 0.2) is 0 Å². The van der Waals surface area contributed by atoms with Crippen LogP contribution in [-0.4, -0.2) is 49.9 Å². The summed E-state index contributed by atoms with van der Waals surface area (Å²) in [5.41, 5.74) is 5.31. The van der Waals surface area contributed by atoms with E-state index in [0.29, 0.717) is 13.0 Å². The van der Waals surface area contributed by atoms with Crippen molar-refractivity contribution < 1.29 is 32.8 Å². The molecule has 0 amide bonds. The summed E-state index contributed by atoms with van der Waals surface area (Å²) in [7, 11) is -4.25. The van der Waals surface area contributed by atoms with Crippen molar-refractivity contribution >= 4 is 13.8 Å². The van der Waals surface area contributed by atoms with Gasteiger partial charge in [-0.15, -0.1) is 0 Å². The van der Waals surface area contributed by atoms with E-state index >= 15 is 0 Å². The first-order chi connectivity index (χ1) is 19.4. The van der Waals surface area contributed by atoms with Gasteiger partial charge in [-0.25, -0.2) is 4.57 Å². The van der Waals surface area contributed by atoms with Crippen LogP contribution in [0.2, 0.25) is 0 Å². The second kappa shape index (κ2) is 29.5. The fraction of sp³-hybridized carbons (Fsp3) is 0.839. The molecule has 2 atom stereocenters. The number of unbranched alkanes of at least 4 members (excludes halogenated alkanes) is 13. The SMILES string of the molecule is CCCCC/C=C\C/C=C\CCCCCCCCOCC(COP(=O)(O)OCCN)OC(=O)CCCCCCC. The highest BCUT2D eigenvalue weighted by molar-refractivity contribution is 7.47. The highest BCUT2D eigenvalue weighted by atomic mass is 31.2. The van der Waals surface area contributed by atoms with E-state index in [2.05, 4.69) is 38.2 Å². The van der Waals surface area contributed by atoms with E-state index in [1.54, 1.807) is 0 Å². The molecule has 0 aromatic carbocycles. The zero-order chi connectivity index (χ0) is 29.6. The summed E-state index contributed by atoms with van der Waals surface area (Å²) in [5.74, 6) is -0.349. The number of hydrogen-bond donors (Lipinski definition) is 2. The molecule has 0 saturated carbocycles. The first kappa shape index (κ1) is 39.0. The van der Waals surface area contributed by atoms with Gasteiger partial charge in [0.2, 0.25) is 0 Å². The Morgan fingerprint density at radius 1 is 0.750 bits per heavy atom. The van der Waals surface area contributed by atoms with Crippen LogP contribution in [0.3, 0.4) is 0 Å². The van der Waals surface area contributed by atoms with Crippen LogP contribution in [0.1, 0.15) is 129 Å². The maximum Gasteiger partial charge on any atom is 0.472 e. The summed E-state index contributed by atoms with van der Waals surface area (Å²) in [4.78, 5) is 22.0. The highest BCUT2D eigenvalue weighted by Gasteiger charge is 2.25.